The molecule has 6 nitrogen and oxygen atoms in total. The number of carbonyl (C=O) groups excluding carboxylic acids is 3. The zero-order valence-electron chi connectivity index (χ0n) is 9.94. The lowest BCUT2D eigenvalue weighted by Crippen LogP contribution is -2.29. The lowest BCUT2D eigenvalue weighted by atomic mass is 10.2. The van der Waals surface area contributed by atoms with Crippen LogP contribution in [-0.4, -0.2) is 36.1 Å². The van der Waals surface area contributed by atoms with Crippen LogP contribution < -0.4 is 0 Å². The Morgan fingerprint density at radius 1 is 1.24 bits per heavy atom. The molecule has 0 radical (unpaired) electrons. The van der Waals surface area contributed by atoms with E-state index in [4.69, 9.17) is 9.57 Å². The molecule has 0 aromatic carbocycles. The first-order valence-electron chi connectivity index (χ1n) is 5.79. The number of amides is 2. The van der Waals surface area contributed by atoms with Crippen LogP contribution in [0.5, 0.6) is 0 Å². The molecule has 1 fully saturated rings. The number of esters is 1. The summed E-state index contributed by atoms with van der Waals surface area (Å²) < 4.78 is 4.76. The lowest BCUT2D eigenvalue weighted by molar-refractivity contribution is -0.188. The maximum atomic E-state index is 11.1. The van der Waals surface area contributed by atoms with Crippen LogP contribution in [0, 0.1) is 0 Å². The van der Waals surface area contributed by atoms with Crippen molar-refractivity contribution in [1.82, 2.24) is 5.06 Å². The highest BCUT2D eigenvalue weighted by atomic mass is 16.7. The molecule has 0 aromatic rings. The minimum absolute atomic E-state index is 0.224. The first-order valence-corrected chi connectivity index (χ1v) is 5.79. The Kier molecular flexibility index (Phi) is 5.62. The number of imide groups is 1. The van der Waals surface area contributed by atoms with Gasteiger partial charge in [0.15, 0.2) is 0 Å². The second-order valence-corrected chi connectivity index (χ2v) is 3.68. The van der Waals surface area contributed by atoms with Gasteiger partial charge in [0.25, 0.3) is 11.8 Å². The van der Waals surface area contributed by atoms with E-state index in [9.17, 15) is 14.4 Å². The molecule has 17 heavy (non-hydrogen) atoms. The quantitative estimate of drug-likeness (QED) is 0.375. The summed E-state index contributed by atoms with van der Waals surface area (Å²) >= 11 is 0. The molecule has 0 spiro atoms. The largest absolute Gasteiger partial charge is 0.466 e. The monoisotopic (exact) mass is 243 g/mol. The van der Waals surface area contributed by atoms with Gasteiger partial charge in [-0.15, -0.1) is 0 Å². The zero-order chi connectivity index (χ0) is 12.7. The zero-order valence-corrected chi connectivity index (χ0v) is 9.94. The van der Waals surface area contributed by atoms with E-state index < -0.39 is 0 Å². The van der Waals surface area contributed by atoms with Gasteiger partial charge in [0.2, 0.25) is 0 Å². The molecule has 1 saturated heterocycles. The smallest absolute Gasteiger partial charge is 0.305 e. The van der Waals surface area contributed by atoms with Crippen molar-refractivity contribution in [3.63, 3.8) is 0 Å². The van der Waals surface area contributed by atoms with Gasteiger partial charge in [0, 0.05) is 19.3 Å². The molecule has 1 aliphatic rings. The van der Waals surface area contributed by atoms with Crippen molar-refractivity contribution in [2.45, 2.75) is 39.0 Å². The number of hydrogen-bond acceptors (Lipinski definition) is 5. The molecule has 0 aliphatic carbocycles. The van der Waals surface area contributed by atoms with Crippen LogP contribution in [0.15, 0.2) is 0 Å². The van der Waals surface area contributed by atoms with Gasteiger partial charge in [-0.2, -0.15) is 5.06 Å². The summed E-state index contributed by atoms with van der Waals surface area (Å²) in [6, 6.07) is 0. The molecule has 0 atom stereocenters. The lowest BCUT2D eigenvalue weighted by Gasteiger charge is -2.12. The van der Waals surface area contributed by atoms with Crippen molar-refractivity contribution in [2.24, 2.45) is 0 Å². The van der Waals surface area contributed by atoms with Crippen molar-refractivity contribution < 1.29 is 24.0 Å². The van der Waals surface area contributed by atoms with E-state index in [-0.39, 0.29) is 37.2 Å². The average molecular weight is 243 g/mol. The summed E-state index contributed by atoms with van der Waals surface area (Å²) in [6.07, 6.45) is 2.01. The summed E-state index contributed by atoms with van der Waals surface area (Å²) in [5, 5.41) is 0.824. The van der Waals surface area contributed by atoms with Gasteiger partial charge in [0.05, 0.1) is 13.2 Å². The van der Waals surface area contributed by atoms with E-state index in [2.05, 4.69) is 0 Å². The van der Waals surface area contributed by atoms with Crippen LogP contribution in [0.25, 0.3) is 0 Å². The van der Waals surface area contributed by atoms with Gasteiger partial charge in [-0.05, 0) is 19.8 Å². The van der Waals surface area contributed by atoms with E-state index in [1.165, 1.54) is 0 Å². The number of hydrogen-bond donors (Lipinski definition) is 0. The summed E-state index contributed by atoms with van der Waals surface area (Å²) in [5.41, 5.74) is 0. The molecule has 96 valence electrons. The summed E-state index contributed by atoms with van der Waals surface area (Å²) in [5.74, 6) is -0.818. The van der Waals surface area contributed by atoms with Gasteiger partial charge in [-0.1, -0.05) is 0 Å². The molecule has 0 bridgehead atoms. The number of carbonyl (C=O) groups is 3. The van der Waals surface area contributed by atoms with Crippen LogP contribution in [-0.2, 0) is 24.0 Å². The highest BCUT2D eigenvalue weighted by molar-refractivity contribution is 6.00. The fourth-order valence-corrected chi connectivity index (χ4v) is 1.46. The number of rotatable bonds is 7. The topological polar surface area (TPSA) is 72.9 Å². The number of nitrogens with zero attached hydrogens (tertiary/aromatic N) is 1. The predicted molar refractivity (Wildman–Crippen MR) is 57.5 cm³/mol. The molecular weight excluding hydrogens is 226 g/mol. The summed E-state index contributed by atoms with van der Waals surface area (Å²) in [7, 11) is 0. The molecule has 0 saturated carbocycles. The molecule has 6 heteroatoms. The van der Waals surface area contributed by atoms with Crippen LogP contribution in [0.1, 0.15) is 39.0 Å². The molecule has 2 amide bonds. The Balaban J connectivity index is 2.06. The van der Waals surface area contributed by atoms with Crippen LogP contribution in [0.3, 0.4) is 0 Å². The average Bonchev–Trinajstić information content (AvgIpc) is 2.60. The molecule has 1 heterocycles. The number of hydroxylamine groups is 2. The van der Waals surface area contributed by atoms with E-state index >= 15 is 0 Å². The Morgan fingerprint density at radius 3 is 2.47 bits per heavy atom. The Hall–Kier alpha value is -1.43. The number of unbranched alkanes of at least 4 members (excludes halogenated alkanes) is 1. The number of ether oxygens (including phenoxy) is 1. The second-order valence-electron chi connectivity index (χ2n) is 3.68. The van der Waals surface area contributed by atoms with Crippen molar-refractivity contribution in [2.75, 3.05) is 13.2 Å². The molecule has 0 unspecified atom stereocenters. The van der Waals surface area contributed by atoms with Crippen molar-refractivity contribution >= 4 is 17.8 Å². The predicted octanol–water partition coefficient (Wildman–Crippen LogP) is 0.800. The fourth-order valence-electron chi connectivity index (χ4n) is 1.46. The van der Waals surface area contributed by atoms with E-state index in [1.54, 1.807) is 6.92 Å². The molecular formula is C11H17NO5. The maximum Gasteiger partial charge on any atom is 0.305 e. The molecule has 0 aromatic heterocycles. The Morgan fingerprint density at radius 2 is 1.88 bits per heavy atom. The summed E-state index contributed by atoms with van der Waals surface area (Å²) in [4.78, 5) is 38.3. The maximum absolute atomic E-state index is 11.1. The highest BCUT2D eigenvalue weighted by Crippen LogP contribution is 2.12. The van der Waals surface area contributed by atoms with Gasteiger partial charge in [-0.25, -0.2) is 0 Å². The first kappa shape index (κ1) is 13.6. The second kappa shape index (κ2) is 7.01. The van der Waals surface area contributed by atoms with Crippen molar-refractivity contribution in [3.8, 4) is 0 Å². The fraction of sp³-hybridized carbons (Fsp3) is 0.727. The minimum Gasteiger partial charge on any atom is -0.466 e. The van der Waals surface area contributed by atoms with Crippen LogP contribution in [0.4, 0.5) is 0 Å². The van der Waals surface area contributed by atoms with Gasteiger partial charge in [0.1, 0.15) is 0 Å². The van der Waals surface area contributed by atoms with Crippen molar-refractivity contribution in [3.05, 3.63) is 0 Å². The third-order valence-electron chi connectivity index (χ3n) is 2.31. The normalized spacial score (nSPS) is 15.5. The van der Waals surface area contributed by atoms with Gasteiger partial charge in [-0.3, -0.25) is 19.2 Å². The van der Waals surface area contributed by atoms with E-state index in [1.807, 2.05) is 0 Å². The third-order valence-corrected chi connectivity index (χ3v) is 2.31. The van der Waals surface area contributed by atoms with Gasteiger partial charge < -0.3 is 4.74 Å². The summed E-state index contributed by atoms with van der Waals surface area (Å²) in [6.45, 7) is 2.40. The SMILES string of the molecule is CCOC(=O)CCCCON1C(=O)CCC1=O. The third kappa shape index (κ3) is 4.52. The van der Waals surface area contributed by atoms with Crippen LogP contribution in [0.2, 0.25) is 0 Å². The Bertz CT molecular complexity index is 286. The molecule has 0 N–H and O–H groups in total. The molecule has 1 rings (SSSR count). The van der Waals surface area contributed by atoms with Crippen LogP contribution >= 0.6 is 0 Å². The minimum atomic E-state index is -0.291. The first-order chi connectivity index (χ1) is 8.15. The standard InChI is InChI=1S/C11H17NO5/c1-2-16-11(15)5-3-4-8-17-12-9(13)6-7-10(12)14/h2-8H2,1H3. The van der Waals surface area contributed by atoms with Crippen molar-refractivity contribution in [1.29, 1.82) is 0 Å². The molecule has 1 aliphatic heterocycles. The van der Waals surface area contributed by atoms with E-state index in [0.717, 1.165) is 5.06 Å². The Labute approximate surface area is 99.8 Å². The van der Waals surface area contributed by atoms with Gasteiger partial charge >= 0.3 is 5.97 Å². The highest BCUT2D eigenvalue weighted by Gasteiger charge is 2.29. The van der Waals surface area contributed by atoms with E-state index in [0.29, 0.717) is 25.9 Å².